The molecule has 4 nitrogen and oxygen atoms in total. The zero-order valence-corrected chi connectivity index (χ0v) is 10.1. The van der Waals surface area contributed by atoms with E-state index in [4.69, 9.17) is 0 Å². The van der Waals surface area contributed by atoms with Crippen molar-refractivity contribution in [2.24, 2.45) is 0 Å². The van der Waals surface area contributed by atoms with E-state index in [1.54, 1.807) is 0 Å². The number of benzene rings is 2. The Morgan fingerprint density at radius 2 is 1.65 bits per heavy atom. The molecule has 1 aromatic heterocycles. The monoisotopic (exact) mass is 275 g/mol. The SMILES string of the molecule is [O-][NH+]([O-])c1ccc2[nH]c(-c3c(F)cccc3F)cc2c1. The maximum atomic E-state index is 13.7. The maximum absolute atomic E-state index is 13.7. The number of aromatic amines is 1. The third-order valence-electron chi connectivity index (χ3n) is 3.09. The number of hydrogen-bond donors (Lipinski definition) is 2. The van der Waals surface area contributed by atoms with Crippen LogP contribution in [-0.4, -0.2) is 4.98 Å². The van der Waals surface area contributed by atoms with Crippen LogP contribution >= 0.6 is 0 Å². The lowest BCUT2D eigenvalue weighted by atomic mass is 10.1. The number of quaternary nitrogens is 1. The van der Waals surface area contributed by atoms with Gasteiger partial charge in [0.1, 0.15) is 17.3 Å². The van der Waals surface area contributed by atoms with Crippen molar-refractivity contribution < 1.29 is 14.0 Å². The molecule has 3 rings (SSSR count). The van der Waals surface area contributed by atoms with Crippen LogP contribution < -0.4 is 5.23 Å². The second-order valence-electron chi connectivity index (χ2n) is 4.37. The molecule has 2 N–H and O–H groups in total. The highest BCUT2D eigenvalue weighted by Crippen LogP contribution is 2.29. The molecule has 0 aliphatic carbocycles. The van der Waals surface area contributed by atoms with Crippen molar-refractivity contribution in [3.05, 3.63) is 64.5 Å². The molecule has 0 saturated heterocycles. The van der Waals surface area contributed by atoms with Gasteiger partial charge in [-0.1, -0.05) is 6.07 Å². The summed E-state index contributed by atoms with van der Waals surface area (Å²) in [5.41, 5.74) is 0.689. The summed E-state index contributed by atoms with van der Waals surface area (Å²) < 4.78 is 27.4. The highest BCUT2D eigenvalue weighted by Gasteiger charge is 2.13. The third-order valence-corrected chi connectivity index (χ3v) is 3.09. The summed E-state index contributed by atoms with van der Waals surface area (Å²) in [6.45, 7) is 0. The molecule has 0 fully saturated rings. The molecule has 1 heterocycles. The van der Waals surface area contributed by atoms with Gasteiger partial charge in [0, 0.05) is 23.0 Å². The number of aromatic nitrogens is 1. The van der Waals surface area contributed by atoms with E-state index in [1.165, 1.54) is 30.3 Å². The van der Waals surface area contributed by atoms with Crippen LogP contribution in [0.3, 0.4) is 0 Å². The van der Waals surface area contributed by atoms with Gasteiger partial charge in [0.25, 0.3) is 0 Å². The van der Waals surface area contributed by atoms with Crippen LogP contribution in [0.1, 0.15) is 0 Å². The van der Waals surface area contributed by atoms with Crippen molar-refractivity contribution in [3.63, 3.8) is 0 Å². The first-order valence-corrected chi connectivity index (χ1v) is 5.85. The topological polar surface area (TPSA) is 66.3 Å². The molecular weight excluding hydrogens is 266 g/mol. The number of nitrogens with one attached hydrogen (secondary N) is 2. The molecule has 0 bridgehead atoms. The molecule has 102 valence electrons. The highest BCUT2D eigenvalue weighted by molar-refractivity contribution is 5.87. The lowest BCUT2D eigenvalue weighted by Gasteiger charge is -2.24. The van der Waals surface area contributed by atoms with Crippen molar-refractivity contribution >= 4 is 16.6 Å². The van der Waals surface area contributed by atoms with Crippen LogP contribution in [0, 0.1) is 22.0 Å². The zero-order valence-electron chi connectivity index (χ0n) is 10.1. The minimum Gasteiger partial charge on any atom is -0.628 e. The zero-order chi connectivity index (χ0) is 14.3. The standard InChI is InChI=1S/C14H9F2N2O2/c15-10-2-1-3-11(16)14(10)13-7-8-6-9(18(19)20)4-5-12(8)17-13/h1-7,17-18H/q-1. The summed E-state index contributed by atoms with van der Waals surface area (Å²) in [5, 5.41) is 20.8. The van der Waals surface area contributed by atoms with Gasteiger partial charge in [-0.25, -0.2) is 8.78 Å². The maximum Gasteiger partial charge on any atom is 0.135 e. The van der Waals surface area contributed by atoms with Gasteiger partial charge in [-0.3, -0.25) is 0 Å². The molecule has 20 heavy (non-hydrogen) atoms. The van der Waals surface area contributed by atoms with Crippen LogP contribution in [0.5, 0.6) is 0 Å². The van der Waals surface area contributed by atoms with E-state index >= 15 is 0 Å². The van der Waals surface area contributed by atoms with Gasteiger partial charge in [0.2, 0.25) is 0 Å². The van der Waals surface area contributed by atoms with Crippen LogP contribution in [-0.2, 0) is 0 Å². The third kappa shape index (κ3) is 2.05. The first kappa shape index (κ1) is 12.7. The fourth-order valence-electron chi connectivity index (χ4n) is 2.15. The molecule has 0 aliphatic rings. The summed E-state index contributed by atoms with van der Waals surface area (Å²) in [6.07, 6.45) is 0. The first-order chi connectivity index (χ1) is 9.56. The summed E-state index contributed by atoms with van der Waals surface area (Å²) >= 11 is 0. The first-order valence-electron chi connectivity index (χ1n) is 5.85. The molecule has 0 unspecified atom stereocenters. The summed E-state index contributed by atoms with van der Waals surface area (Å²) in [6, 6.07) is 9.41. The lowest BCUT2D eigenvalue weighted by molar-refractivity contribution is -0.715. The quantitative estimate of drug-likeness (QED) is 0.706. The second-order valence-corrected chi connectivity index (χ2v) is 4.37. The number of fused-ring (bicyclic) bond motifs is 1. The molecule has 0 saturated carbocycles. The number of halogens is 2. The lowest BCUT2D eigenvalue weighted by Crippen LogP contribution is -2.96. The van der Waals surface area contributed by atoms with E-state index in [0.29, 0.717) is 10.9 Å². The Balaban J connectivity index is 2.18. The van der Waals surface area contributed by atoms with E-state index < -0.39 is 16.9 Å². The van der Waals surface area contributed by atoms with E-state index in [9.17, 15) is 19.2 Å². The van der Waals surface area contributed by atoms with Gasteiger partial charge < -0.3 is 20.6 Å². The summed E-state index contributed by atoms with van der Waals surface area (Å²) in [4.78, 5) is 2.87. The molecule has 2 aromatic carbocycles. The Labute approximate surface area is 112 Å². The van der Waals surface area contributed by atoms with Crippen LogP contribution in [0.25, 0.3) is 22.2 Å². The predicted molar refractivity (Wildman–Crippen MR) is 71.0 cm³/mol. The van der Waals surface area contributed by atoms with E-state index in [-0.39, 0.29) is 16.9 Å². The van der Waals surface area contributed by atoms with Crippen molar-refractivity contribution in [1.82, 2.24) is 4.98 Å². The normalized spacial score (nSPS) is 11.4. The Morgan fingerprint density at radius 1 is 0.950 bits per heavy atom. The van der Waals surface area contributed by atoms with Gasteiger partial charge in [-0.05, 0) is 24.3 Å². The van der Waals surface area contributed by atoms with Gasteiger partial charge in [-0.2, -0.15) is 0 Å². The smallest absolute Gasteiger partial charge is 0.135 e. The summed E-state index contributed by atoms with van der Waals surface area (Å²) in [7, 11) is 0. The van der Waals surface area contributed by atoms with Gasteiger partial charge in [0.15, 0.2) is 0 Å². The largest absolute Gasteiger partial charge is 0.628 e. The molecule has 0 radical (unpaired) electrons. The average Bonchev–Trinajstić information content (AvgIpc) is 2.80. The molecule has 0 spiro atoms. The Bertz CT molecular complexity index is 764. The summed E-state index contributed by atoms with van der Waals surface area (Å²) in [5.74, 6) is -1.37. The van der Waals surface area contributed by atoms with E-state index in [2.05, 4.69) is 4.98 Å². The molecule has 0 aliphatic heterocycles. The fourth-order valence-corrected chi connectivity index (χ4v) is 2.15. The van der Waals surface area contributed by atoms with Gasteiger partial charge in [-0.15, -0.1) is 0 Å². The number of H-pyrrole nitrogens is 1. The Morgan fingerprint density at radius 3 is 2.30 bits per heavy atom. The Hall–Kier alpha value is -2.28. The molecule has 3 aromatic rings. The molecule has 0 amide bonds. The van der Waals surface area contributed by atoms with Crippen LogP contribution in [0.4, 0.5) is 14.5 Å². The molecule has 0 atom stereocenters. The van der Waals surface area contributed by atoms with Crippen molar-refractivity contribution in [2.45, 2.75) is 0 Å². The van der Waals surface area contributed by atoms with E-state index in [0.717, 1.165) is 12.1 Å². The van der Waals surface area contributed by atoms with Gasteiger partial charge >= 0.3 is 0 Å². The highest BCUT2D eigenvalue weighted by atomic mass is 19.1. The van der Waals surface area contributed by atoms with E-state index in [1.807, 2.05) is 0 Å². The Kier molecular flexibility index (Phi) is 2.98. The van der Waals surface area contributed by atoms with Crippen molar-refractivity contribution in [1.29, 1.82) is 0 Å². The molecule has 6 heteroatoms. The number of hydrogen-bond acceptors (Lipinski definition) is 2. The van der Waals surface area contributed by atoms with Crippen molar-refractivity contribution in [2.75, 3.05) is 0 Å². The number of rotatable bonds is 2. The van der Waals surface area contributed by atoms with Gasteiger partial charge in [0.05, 0.1) is 11.3 Å². The van der Waals surface area contributed by atoms with Crippen molar-refractivity contribution in [3.8, 4) is 11.3 Å². The second kappa shape index (κ2) is 4.68. The minimum absolute atomic E-state index is 0.0112. The average molecular weight is 275 g/mol. The molecular formula is C14H9F2N2O2-. The fraction of sp³-hybridized carbons (Fsp3) is 0. The van der Waals surface area contributed by atoms with Crippen LogP contribution in [0.15, 0.2) is 42.5 Å². The van der Waals surface area contributed by atoms with Crippen LogP contribution in [0.2, 0.25) is 0 Å². The minimum atomic E-state index is -1.30. The predicted octanol–water partition coefficient (Wildman–Crippen LogP) is 2.63.